The Kier molecular flexibility index (Phi) is 6.91. The Hall–Kier alpha value is -0.510. The van der Waals surface area contributed by atoms with Crippen molar-refractivity contribution in [1.82, 2.24) is 5.32 Å². The summed E-state index contributed by atoms with van der Waals surface area (Å²) in [6, 6.07) is 8.64. The lowest BCUT2D eigenvalue weighted by molar-refractivity contribution is 0.166. The van der Waals surface area contributed by atoms with Gasteiger partial charge in [-0.1, -0.05) is 44.7 Å². The van der Waals surface area contributed by atoms with Gasteiger partial charge in [-0.15, -0.1) is 11.8 Å². The van der Waals surface area contributed by atoms with Crippen LogP contribution in [0.4, 0.5) is 0 Å². The van der Waals surface area contributed by atoms with Gasteiger partial charge in [0.15, 0.2) is 0 Å². The number of hydrogen-bond acceptors (Lipinski definition) is 3. The molecule has 0 aliphatic heterocycles. The van der Waals surface area contributed by atoms with Crippen molar-refractivity contribution in [3.8, 4) is 0 Å². The highest BCUT2D eigenvalue weighted by atomic mass is 32.2. The fraction of sp³-hybridized carbons (Fsp3) is 0.647. The molecule has 2 rings (SSSR count). The summed E-state index contributed by atoms with van der Waals surface area (Å²) >= 11 is 1.78. The van der Waals surface area contributed by atoms with Crippen LogP contribution in [-0.4, -0.2) is 23.5 Å². The van der Waals surface area contributed by atoms with E-state index < -0.39 is 0 Å². The largest absolute Gasteiger partial charge is 0.392 e. The fourth-order valence-electron chi connectivity index (χ4n) is 2.91. The normalized spacial score (nSPS) is 17.5. The van der Waals surface area contributed by atoms with Crippen molar-refractivity contribution < 1.29 is 5.11 Å². The Morgan fingerprint density at radius 2 is 2.15 bits per heavy atom. The molecular formula is C17H27NOS. The maximum Gasteiger partial charge on any atom is 0.0636 e. The van der Waals surface area contributed by atoms with Gasteiger partial charge in [0.05, 0.1) is 6.10 Å². The molecule has 2 N–H and O–H groups in total. The lowest BCUT2D eigenvalue weighted by atomic mass is 10.0. The molecular weight excluding hydrogens is 266 g/mol. The second-order valence-corrected chi connectivity index (χ2v) is 6.87. The average Bonchev–Trinajstić information content (AvgIpc) is 2.96. The first-order valence-electron chi connectivity index (χ1n) is 7.88. The van der Waals surface area contributed by atoms with E-state index in [1.165, 1.54) is 36.1 Å². The van der Waals surface area contributed by atoms with Crippen LogP contribution in [0.3, 0.4) is 0 Å². The summed E-state index contributed by atoms with van der Waals surface area (Å²) in [5.74, 6) is 1.59. The quantitative estimate of drug-likeness (QED) is 0.715. The summed E-state index contributed by atoms with van der Waals surface area (Å²) in [6.07, 6.45) is 6.19. The first-order chi connectivity index (χ1) is 9.78. The van der Waals surface area contributed by atoms with Crippen LogP contribution < -0.4 is 5.32 Å². The highest BCUT2D eigenvalue weighted by Crippen LogP contribution is 2.30. The molecule has 1 aliphatic rings. The summed E-state index contributed by atoms with van der Waals surface area (Å²) in [5.41, 5.74) is 1.32. The predicted molar refractivity (Wildman–Crippen MR) is 87.1 cm³/mol. The topological polar surface area (TPSA) is 32.3 Å². The monoisotopic (exact) mass is 293 g/mol. The van der Waals surface area contributed by atoms with E-state index in [9.17, 15) is 5.11 Å². The minimum atomic E-state index is -0.152. The van der Waals surface area contributed by atoms with Crippen molar-refractivity contribution in [2.45, 2.75) is 56.6 Å². The molecule has 0 bridgehead atoms. The molecule has 1 aliphatic carbocycles. The Labute approximate surface area is 127 Å². The number of aliphatic hydroxyl groups excluding tert-OH is 1. The zero-order valence-electron chi connectivity index (χ0n) is 12.5. The van der Waals surface area contributed by atoms with Gasteiger partial charge < -0.3 is 10.4 Å². The maximum absolute atomic E-state index is 10.1. The molecule has 1 aromatic carbocycles. The molecule has 0 spiro atoms. The summed E-state index contributed by atoms with van der Waals surface area (Å²) in [4.78, 5) is 1.27. The molecule has 1 fully saturated rings. The molecule has 112 valence electrons. The Balaban J connectivity index is 1.74. The fourth-order valence-corrected chi connectivity index (χ4v) is 3.84. The SMILES string of the molecule is CCNCc1cccc(SCC(O)CC2CCCC2)c1. The van der Waals surface area contributed by atoms with Crippen molar-refractivity contribution in [2.75, 3.05) is 12.3 Å². The molecule has 0 aromatic heterocycles. The van der Waals surface area contributed by atoms with Crippen molar-refractivity contribution in [3.63, 3.8) is 0 Å². The van der Waals surface area contributed by atoms with E-state index in [-0.39, 0.29) is 6.10 Å². The van der Waals surface area contributed by atoms with Crippen LogP contribution in [-0.2, 0) is 6.54 Å². The van der Waals surface area contributed by atoms with Gasteiger partial charge in [-0.3, -0.25) is 0 Å². The molecule has 1 saturated carbocycles. The van der Waals surface area contributed by atoms with E-state index in [4.69, 9.17) is 0 Å². The second-order valence-electron chi connectivity index (χ2n) is 5.78. The van der Waals surface area contributed by atoms with Crippen molar-refractivity contribution in [3.05, 3.63) is 29.8 Å². The van der Waals surface area contributed by atoms with Crippen LogP contribution in [0.2, 0.25) is 0 Å². The molecule has 0 radical (unpaired) electrons. The number of aliphatic hydroxyl groups is 1. The van der Waals surface area contributed by atoms with Crippen LogP contribution in [0.15, 0.2) is 29.2 Å². The minimum Gasteiger partial charge on any atom is -0.392 e. The van der Waals surface area contributed by atoms with Gasteiger partial charge in [0.1, 0.15) is 0 Å². The van der Waals surface area contributed by atoms with Crippen LogP contribution in [0.25, 0.3) is 0 Å². The lowest BCUT2D eigenvalue weighted by Crippen LogP contribution is -2.14. The van der Waals surface area contributed by atoms with E-state index in [1.807, 2.05) is 0 Å². The van der Waals surface area contributed by atoms with Crippen molar-refractivity contribution >= 4 is 11.8 Å². The number of nitrogens with one attached hydrogen (secondary N) is 1. The molecule has 0 amide bonds. The van der Waals surface area contributed by atoms with E-state index in [2.05, 4.69) is 36.5 Å². The van der Waals surface area contributed by atoms with Crippen LogP contribution in [0.1, 0.15) is 44.6 Å². The zero-order valence-corrected chi connectivity index (χ0v) is 13.3. The van der Waals surface area contributed by atoms with Gasteiger partial charge in [-0.05, 0) is 36.6 Å². The van der Waals surface area contributed by atoms with E-state index in [0.717, 1.165) is 31.2 Å². The van der Waals surface area contributed by atoms with Gasteiger partial charge in [0.25, 0.3) is 0 Å². The van der Waals surface area contributed by atoms with Gasteiger partial charge in [-0.25, -0.2) is 0 Å². The minimum absolute atomic E-state index is 0.152. The van der Waals surface area contributed by atoms with Crippen LogP contribution >= 0.6 is 11.8 Å². The number of rotatable bonds is 8. The van der Waals surface area contributed by atoms with E-state index >= 15 is 0 Å². The van der Waals surface area contributed by atoms with Crippen LogP contribution in [0, 0.1) is 5.92 Å². The first kappa shape index (κ1) is 15.9. The van der Waals surface area contributed by atoms with Crippen molar-refractivity contribution in [1.29, 1.82) is 0 Å². The van der Waals surface area contributed by atoms with Gasteiger partial charge >= 0.3 is 0 Å². The highest BCUT2D eigenvalue weighted by molar-refractivity contribution is 7.99. The molecule has 2 nitrogen and oxygen atoms in total. The summed E-state index contributed by atoms with van der Waals surface area (Å²) < 4.78 is 0. The summed E-state index contributed by atoms with van der Waals surface area (Å²) in [5, 5.41) is 13.5. The smallest absolute Gasteiger partial charge is 0.0636 e. The molecule has 0 saturated heterocycles. The summed E-state index contributed by atoms with van der Waals surface area (Å²) in [7, 11) is 0. The molecule has 1 aromatic rings. The van der Waals surface area contributed by atoms with Crippen LogP contribution in [0.5, 0.6) is 0 Å². The third kappa shape index (κ3) is 5.47. The van der Waals surface area contributed by atoms with Gasteiger partial charge in [0, 0.05) is 17.2 Å². The average molecular weight is 293 g/mol. The lowest BCUT2D eigenvalue weighted by Gasteiger charge is -2.15. The van der Waals surface area contributed by atoms with Gasteiger partial charge in [-0.2, -0.15) is 0 Å². The molecule has 1 unspecified atom stereocenters. The Morgan fingerprint density at radius 1 is 1.35 bits per heavy atom. The summed E-state index contributed by atoms with van der Waals surface area (Å²) in [6.45, 7) is 4.05. The number of thioether (sulfide) groups is 1. The third-order valence-electron chi connectivity index (χ3n) is 4.00. The first-order valence-corrected chi connectivity index (χ1v) is 8.87. The van der Waals surface area contributed by atoms with Gasteiger partial charge in [0.2, 0.25) is 0 Å². The molecule has 20 heavy (non-hydrogen) atoms. The Morgan fingerprint density at radius 3 is 2.90 bits per heavy atom. The Bertz CT molecular complexity index is 390. The predicted octanol–water partition coefficient (Wildman–Crippen LogP) is 3.83. The molecule has 3 heteroatoms. The standard InChI is InChI=1S/C17H27NOS/c1-2-18-12-15-8-5-9-17(11-15)20-13-16(19)10-14-6-3-4-7-14/h5,8-9,11,14,16,18-19H,2-4,6-7,10,12-13H2,1H3. The maximum atomic E-state index is 10.1. The number of benzene rings is 1. The van der Waals surface area contributed by atoms with E-state index in [1.54, 1.807) is 11.8 Å². The number of hydrogen-bond donors (Lipinski definition) is 2. The van der Waals surface area contributed by atoms with Crippen molar-refractivity contribution in [2.24, 2.45) is 5.92 Å². The molecule has 0 heterocycles. The highest BCUT2D eigenvalue weighted by Gasteiger charge is 2.18. The van der Waals surface area contributed by atoms with E-state index in [0.29, 0.717) is 0 Å². The molecule has 1 atom stereocenters. The third-order valence-corrected chi connectivity index (χ3v) is 5.14. The zero-order chi connectivity index (χ0) is 14.2. The second kappa shape index (κ2) is 8.71.